The van der Waals surface area contributed by atoms with E-state index in [2.05, 4.69) is 17.0 Å². The van der Waals surface area contributed by atoms with Gasteiger partial charge in [-0.2, -0.15) is 0 Å². The second-order valence-corrected chi connectivity index (χ2v) is 5.97. The van der Waals surface area contributed by atoms with E-state index in [1.807, 2.05) is 24.3 Å². The van der Waals surface area contributed by atoms with E-state index in [9.17, 15) is 9.59 Å². The van der Waals surface area contributed by atoms with Crippen molar-refractivity contribution in [2.24, 2.45) is 0 Å². The van der Waals surface area contributed by atoms with Crippen molar-refractivity contribution < 1.29 is 19.1 Å². The zero-order valence-corrected chi connectivity index (χ0v) is 14.4. The minimum Gasteiger partial charge on any atom is -0.484 e. The van der Waals surface area contributed by atoms with E-state index in [1.165, 1.54) is 12.7 Å². The number of methoxy groups -OCH3 is 1. The van der Waals surface area contributed by atoms with Gasteiger partial charge in [0.25, 0.3) is 5.91 Å². The van der Waals surface area contributed by atoms with Crippen molar-refractivity contribution in [3.05, 3.63) is 29.8 Å². The first kappa shape index (κ1) is 18.1. The number of benzene rings is 1. The molecule has 0 bridgehead atoms. The Labute approximate surface area is 143 Å². The molecule has 6 heteroatoms. The molecular weight excluding hydrogens is 308 g/mol. The molecule has 0 aromatic heterocycles. The number of likely N-dealkylation sites (tertiary alicyclic amines) is 1. The quantitative estimate of drug-likeness (QED) is 0.867. The molecule has 1 aromatic carbocycles. The maximum Gasteiger partial charge on any atom is 0.407 e. The van der Waals surface area contributed by atoms with Gasteiger partial charge >= 0.3 is 6.09 Å². The summed E-state index contributed by atoms with van der Waals surface area (Å²) in [5, 5.41) is 2.77. The minimum atomic E-state index is -0.422. The average molecular weight is 334 g/mol. The Hall–Kier alpha value is -2.24. The molecule has 1 aliphatic rings. The fraction of sp³-hybridized carbons (Fsp3) is 0.556. The molecule has 1 aromatic rings. The van der Waals surface area contributed by atoms with Crippen LogP contribution in [0.5, 0.6) is 5.75 Å². The largest absolute Gasteiger partial charge is 0.484 e. The number of nitrogens with one attached hydrogen (secondary N) is 1. The molecule has 1 fully saturated rings. The van der Waals surface area contributed by atoms with Crippen molar-refractivity contribution in [3.8, 4) is 5.75 Å². The SMILES string of the molecule is CCCc1ccc(OCC(=O)N2CCC(NC(=O)OC)CC2)cc1. The van der Waals surface area contributed by atoms with Crippen LogP contribution in [-0.2, 0) is 16.0 Å². The maximum absolute atomic E-state index is 12.2. The van der Waals surface area contributed by atoms with Crippen LogP contribution in [0.2, 0.25) is 0 Å². The van der Waals surface area contributed by atoms with E-state index in [4.69, 9.17) is 4.74 Å². The van der Waals surface area contributed by atoms with Crippen molar-refractivity contribution in [2.45, 2.75) is 38.6 Å². The highest BCUT2D eigenvalue weighted by molar-refractivity contribution is 5.78. The smallest absolute Gasteiger partial charge is 0.407 e. The lowest BCUT2D eigenvalue weighted by Crippen LogP contribution is -2.47. The average Bonchev–Trinajstić information content (AvgIpc) is 2.61. The van der Waals surface area contributed by atoms with Gasteiger partial charge in [0.1, 0.15) is 5.75 Å². The summed E-state index contributed by atoms with van der Waals surface area (Å²) in [5.74, 6) is 0.689. The predicted molar refractivity (Wildman–Crippen MR) is 91.1 cm³/mol. The number of amides is 2. The Balaban J connectivity index is 1.72. The first-order valence-corrected chi connectivity index (χ1v) is 8.46. The first-order chi connectivity index (χ1) is 11.6. The molecule has 0 radical (unpaired) electrons. The van der Waals surface area contributed by atoms with Crippen molar-refractivity contribution in [3.63, 3.8) is 0 Å². The third-order valence-electron chi connectivity index (χ3n) is 4.18. The highest BCUT2D eigenvalue weighted by atomic mass is 16.5. The van der Waals surface area contributed by atoms with E-state index < -0.39 is 6.09 Å². The molecular formula is C18H26N2O4. The number of piperidine rings is 1. The fourth-order valence-electron chi connectivity index (χ4n) is 2.78. The number of hydrogen-bond donors (Lipinski definition) is 1. The number of carbonyl (C=O) groups is 2. The van der Waals surface area contributed by atoms with Crippen LogP contribution < -0.4 is 10.1 Å². The van der Waals surface area contributed by atoms with Gasteiger partial charge in [0.15, 0.2) is 6.61 Å². The monoisotopic (exact) mass is 334 g/mol. The van der Waals surface area contributed by atoms with E-state index >= 15 is 0 Å². The molecule has 132 valence electrons. The van der Waals surface area contributed by atoms with Gasteiger partial charge < -0.3 is 19.7 Å². The first-order valence-electron chi connectivity index (χ1n) is 8.46. The van der Waals surface area contributed by atoms with Crippen LogP contribution in [0, 0.1) is 0 Å². The van der Waals surface area contributed by atoms with Crippen LogP contribution in [0.3, 0.4) is 0 Å². The van der Waals surface area contributed by atoms with Crippen molar-refractivity contribution in [2.75, 3.05) is 26.8 Å². The van der Waals surface area contributed by atoms with Gasteiger partial charge in [-0.25, -0.2) is 4.79 Å². The number of ether oxygens (including phenoxy) is 2. The van der Waals surface area contributed by atoms with Gasteiger partial charge in [-0.3, -0.25) is 4.79 Å². The number of rotatable bonds is 6. The summed E-state index contributed by atoms with van der Waals surface area (Å²) >= 11 is 0. The number of nitrogens with zero attached hydrogens (tertiary/aromatic N) is 1. The lowest BCUT2D eigenvalue weighted by Gasteiger charge is -2.32. The zero-order chi connectivity index (χ0) is 17.4. The van der Waals surface area contributed by atoms with Gasteiger partial charge in [0.05, 0.1) is 7.11 Å². The van der Waals surface area contributed by atoms with Crippen LogP contribution in [0.15, 0.2) is 24.3 Å². The summed E-state index contributed by atoms with van der Waals surface area (Å²) in [5.41, 5.74) is 1.27. The Kier molecular flexibility index (Phi) is 6.90. The highest BCUT2D eigenvalue weighted by Crippen LogP contribution is 2.15. The lowest BCUT2D eigenvalue weighted by molar-refractivity contribution is -0.134. The maximum atomic E-state index is 12.2. The number of hydrogen-bond acceptors (Lipinski definition) is 4. The molecule has 0 atom stereocenters. The van der Waals surface area contributed by atoms with Gasteiger partial charge in [0, 0.05) is 19.1 Å². The Morgan fingerprint density at radius 1 is 1.21 bits per heavy atom. The summed E-state index contributed by atoms with van der Waals surface area (Å²) in [6.07, 6.45) is 3.20. The molecule has 2 amide bonds. The van der Waals surface area contributed by atoms with E-state index in [0.717, 1.165) is 25.7 Å². The molecule has 2 rings (SSSR count). The van der Waals surface area contributed by atoms with Gasteiger partial charge in [-0.05, 0) is 37.0 Å². The molecule has 1 aliphatic heterocycles. The lowest BCUT2D eigenvalue weighted by atomic mass is 10.1. The number of aryl methyl sites for hydroxylation is 1. The molecule has 1 N–H and O–H groups in total. The predicted octanol–water partition coefficient (Wildman–Crippen LogP) is 2.36. The molecule has 0 spiro atoms. The Bertz CT molecular complexity index is 536. The van der Waals surface area contributed by atoms with Crippen molar-refractivity contribution in [1.82, 2.24) is 10.2 Å². The summed E-state index contributed by atoms with van der Waals surface area (Å²) in [6, 6.07) is 7.95. The molecule has 0 unspecified atom stereocenters. The molecule has 1 heterocycles. The summed E-state index contributed by atoms with van der Waals surface area (Å²) in [4.78, 5) is 25.2. The van der Waals surface area contributed by atoms with E-state index in [0.29, 0.717) is 18.8 Å². The van der Waals surface area contributed by atoms with Crippen molar-refractivity contribution >= 4 is 12.0 Å². The van der Waals surface area contributed by atoms with E-state index in [-0.39, 0.29) is 18.6 Å². The number of carbonyl (C=O) groups excluding carboxylic acids is 2. The second-order valence-electron chi connectivity index (χ2n) is 5.97. The standard InChI is InChI=1S/C18H26N2O4/c1-3-4-14-5-7-16(8-6-14)24-13-17(21)20-11-9-15(10-12-20)19-18(22)23-2/h5-8,15H,3-4,9-13H2,1-2H3,(H,19,22). The molecule has 0 saturated carbocycles. The van der Waals surface area contributed by atoms with Gasteiger partial charge in [-0.1, -0.05) is 25.5 Å². The third-order valence-corrected chi connectivity index (χ3v) is 4.18. The molecule has 6 nitrogen and oxygen atoms in total. The zero-order valence-electron chi connectivity index (χ0n) is 14.4. The Morgan fingerprint density at radius 3 is 2.46 bits per heavy atom. The molecule has 24 heavy (non-hydrogen) atoms. The van der Waals surface area contributed by atoms with Crippen LogP contribution in [0.1, 0.15) is 31.7 Å². The normalized spacial score (nSPS) is 15.0. The fourth-order valence-corrected chi connectivity index (χ4v) is 2.78. The van der Waals surface area contributed by atoms with Crippen LogP contribution in [0.25, 0.3) is 0 Å². The van der Waals surface area contributed by atoms with Crippen LogP contribution >= 0.6 is 0 Å². The Morgan fingerprint density at radius 2 is 1.88 bits per heavy atom. The van der Waals surface area contributed by atoms with E-state index in [1.54, 1.807) is 4.90 Å². The summed E-state index contributed by atoms with van der Waals surface area (Å²) in [7, 11) is 1.35. The summed E-state index contributed by atoms with van der Waals surface area (Å²) in [6.45, 7) is 3.42. The number of alkyl carbamates (subject to hydrolysis) is 1. The molecule has 0 aliphatic carbocycles. The summed E-state index contributed by atoms with van der Waals surface area (Å²) < 4.78 is 10.2. The topological polar surface area (TPSA) is 67.9 Å². The third kappa shape index (κ3) is 5.44. The van der Waals surface area contributed by atoms with Gasteiger partial charge in [0.2, 0.25) is 0 Å². The van der Waals surface area contributed by atoms with Crippen LogP contribution in [-0.4, -0.2) is 49.7 Å². The highest BCUT2D eigenvalue weighted by Gasteiger charge is 2.24. The van der Waals surface area contributed by atoms with Crippen molar-refractivity contribution in [1.29, 1.82) is 0 Å². The second kappa shape index (κ2) is 9.15. The van der Waals surface area contributed by atoms with Crippen LogP contribution in [0.4, 0.5) is 4.79 Å². The van der Waals surface area contributed by atoms with Gasteiger partial charge in [-0.15, -0.1) is 0 Å². The minimum absolute atomic E-state index is 0.0239. The molecule has 1 saturated heterocycles.